The van der Waals surface area contributed by atoms with Crippen LogP contribution in [0.4, 0.5) is 10.5 Å². The predicted octanol–water partition coefficient (Wildman–Crippen LogP) is 4.66. The van der Waals surface area contributed by atoms with Gasteiger partial charge in [0, 0.05) is 38.5 Å². The van der Waals surface area contributed by atoms with Gasteiger partial charge in [0.05, 0.1) is 123 Å². The summed E-state index contributed by atoms with van der Waals surface area (Å²) in [5, 5.41) is 7.71. The van der Waals surface area contributed by atoms with Gasteiger partial charge in [-0.15, -0.1) is 0 Å². The maximum absolute atomic E-state index is 13.2. The number of amides is 6. The fraction of sp³-hybridized carbons (Fsp3) is 0.547. The lowest BCUT2D eigenvalue weighted by Crippen LogP contribution is -2.54. The molecule has 1 atom stereocenters. The minimum Gasteiger partial charge on any atom is -0.449 e. The molecule has 20 nitrogen and oxygen atoms in total. The highest BCUT2D eigenvalue weighted by atomic mass is 16.6. The first kappa shape index (κ1) is 56.6. The van der Waals surface area contributed by atoms with Crippen LogP contribution in [0, 0.1) is 0 Å². The van der Waals surface area contributed by atoms with Gasteiger partial charge < -0.3 is 58.0 Å². The Bertz CT molecular complexity index is 2180. The number of unbranched alkanes of at least 4 members (excludes halogenated alkanes) is 2. The average Bonchev–Trinajstić information content (AvgIpc) is 3.85. The summed E-state index contributed by atoms with van der Waals surface area (Å²) in [5.74, 6) is -2.70. The number of hydrogen-bond acceptors (Lipinski definition) is 16. The van der Waals surface area contributed by atoms with Gasteiger partial charge >= 0.3 is 6.09 Å². The molecule has 73 heavy (non-hydrogen) atoms. The molecule has 1 aliphatic carbocycles. The Morgan fingerprint density at radius 3 is 1.53 bits per heavy atom. The molecule has 398 valence electrons. The van der Waals surface area contributed by atoms with Crippen LogP contribution in [0.25, 0.3) is 11.1 Å². The minimum absolute atomic E-state index is 0.0240. The molecule has 3 aliphatic rings. The number of carbonyl (C=O) groups excluding carboxylic acids is 6. The predicted molar refractivity (Wildman–Crippen MR) is 265 cm³/mol. The van der Waals surface area contributed by atoms with E-state index in [0.717, 1.165) is 17.7 Å². The van der Waals surface area contributed by atoms with Gasteiger partial charge in [0.25, 0.3) is 11.8 Å². The van der Waals surface area contributed by atoms with Gasteiger partial charge in [0.15, 0.2) is 0 Å². The Kier molecular flexibility index (Phi) is 25.2. The number of imide groups is 2. The second-order valence-electron chi connectivity index (χ2n) is 17.2. The summed E-state index contributed by atoms with van der Waals surface area (Å²) in [5.41, 5.74) is 5.14. The van der Waals surface area contributed by atoms with Gasteiger partial charge in [0.1, 0.15) is 12.6 Å². The number of piperidine rings is 1. The zero-order valence-electron chi connectivity index (χ0n) is 41.6. The Morgan fingerprint density at radius 1 is 0.534 bits per heavy atom. The van der Waals surface area contributed by atoms with Crippen molar-refractivity contribution in [1.82, 2.24) is 15.5 Å². The van der Waals surface area contributed by atoms with Crippen molar-refractivity contribution in [2.24, 2.45) is 0 Å². The Balaban J connectivity index is 0.611. The van der Waals surface area contributed by atoms with Crippen molar-refractivity contribution in [2.45, 2.75) is 56.9 Å². The van der Waals surface area contributed by atoms with Gasteiger partial charge in [-0.3, -0.25) is 34.2 Å². The SMILES string of the molecule is O=C1CCC(N2C(=O)c3cccc(NC(=O)CCCCCOCCOCCOCCOCCOCCOCCOCCOCCOCCCNC(=O)OCC4c5ccccc5-c5ccccc54)c3C2=O)C(=O)N1. The van der Waals surface area contributed by atoms with E-state index in [-0.39, 0.29) is 47.9 Å². The summed E-state index contributed by atoms with van der Waals surface area (Å²) in [6.07, 6.45) is 2.65. The molecular weight excluding hydrogens is 949 g/mol. The van der Waals surface area contributed by atoms with Crippen molar-refractivity contribution in [2.75, 3.05) is 137 Å². The molecule has 1 fully saturated rings. The molecule has 6 amide bonds. The van der Waals surface area contributed by atoms with Crippen LogP contribution in [-0.4, -0.2) is 179 Å². The summed E-state index contributed by atoms with van der Waals surface area (Å²) in [4.78, 5) is 76.0. The normalized spacial score (nSPS) is 15.1. The standard InChI is InChI=1S/C53H70N4O16/c58-47(55-45-15-8-14-43-49(45)52(62)57(51(43)61)46-17-18-48(59)56-50(46)60)16-2-1-7-20-64-22-24-66-26-28-68-30-32-70-34-36-72-37-35-71-33-31-69-29-27-67-25-23-65-21-9-19-54-53(63)73-38-44-41-12-5-3-10-39(41)40-11-4-6-13-42(40)44/h3-6,8,10-15,44,46H,1-2,7,9,16-38H2,(H,54,63)(H,55,58)(H,56,59,60). The van der Waals surface area contributed by atoms with Crippen LogP contribution >= 0.6 is 0 Å². The first-order valence-corrected chi connectivity index (χ1v) is 25.3. The smallest absolute Gasteiger partial charge is 0.407 e. The lowest BCUT2D eigenvalue weighted by atomic mass is 9.98. The number of hydrogen-bond donors (Lipinski definition) is 3. The summed E-state index contributed by atoms with van der Waals surface area (Å²) < 4.78 is 55.5. The van der Waals surface area contributed by atoms with Crippen LogP contribution in [0.15, 0.2) is 66.7 Å². The van der Waals surface area contributed by atoms with E-state index in [2.05, 4.69) is 40.2 Å². The first-order chi connectivity index (χ1) is 35.8. The quantitative estimate of drug-likeness (QED) is 0.0523. The third kappa shape index (κ3) is 18.6. The van der Waals surface area contributed by atoms with Crippen LogP contribution < -0.4 is 16.0 Å². The highest BCUT2D eigenvalue weighted by molar-refractivity contribution is 6.26. The van der Waals surface area contributed by atoms with Crippen molar-refractivity contribution in [1.29, 1.82) is 0 Å². The molecule has 3 N–H and O–H groups in total. The molecule has 0 bridgehead atoms. The van der Waals surface area contributed by atoms with Crippen molar-refractivity contribution in [3.8, 4) is 11.1 Å². The Hall–Kier alpha value is -5.68. The largest absolute Gasteiger partial charge is 0.449 e. The van der Waals surface area contributed by atoms with Crippen molar-refractivity contribution < 1.29 is 76.1 Å². The molecular formula is C53H70N4O16. The van der Waals surface area contributed by atoms with E-state index in [1.54, 1.807) is 12.1 Å². The van der Waals surface area contributed by atoms with Crippen LogP contribution in [0.5, 0.6) is 0 Å². The van der Waals surface area contributed by atoms with Gasteiger partial charge in [-0.05, 0) is 60.1 Å². The minimum atomic E-state index is -1.08. The van der Waals surface area contributed by atoms with Gasteiger partial charge in [0.2, 0.25) is 17.7 Å². The van der Waals surface area contributed by atoms with Crippen LogP contribution in [0.2, 0.25) is 0 Å². The molecule has 2 heterocycles. The van der Waals surface area contributed by atoms with Crippen LogP contribution in [0.3, 0.4) is 0 Å². The van der Waals surface area contributed by atoms with Gasteiger partial charge in [-0.1, -0.05) is 61.0 Å². The fourth-order valence-corrected chi connectivity index (χ4v) is 8.37. The number of ether oxygens (including phenoxy) is 10. The molecule has 2 aliphatic heterocycles. The van der Waals surface area contributed by atoms with E-state index >= 15 is 0 Å². The van der Waals surface area contributed by atoms with E-state index < -0.39 is 35.8 Å². The molecule has 20 heteroatoms. The van der Waals surface area contributed by atoms with Gasteiger partial charge in [-0.25, -0.2) is 4.79 Å². The second-order valence-corrected chi connectivity index (χ2v) is 17.2. The molecule has 0 saturated carbocycles. The van der Waals surface area contributed by atoms with Crippen molar-refractivity contribution >= 4 is 41.3 Å². The molecule has 0 radical (unpaired) electrons. The molecule has 3 aromatic carbocycles. The molecule has 0 aromatic heterocycles. The maximum atomic E-state index is 13.2. The maximum Gasteiger partial charge on any atom is 0.407 e. The number of alkyl carbamates (subject to hydrolysis) is 1. The van der Waals surface area contributed by atoms with E-state index in [1.807, 2.05) is 24.3 Å². The van der Waals surface area contributed by atoms with E-state index in [4.69, 9.17) is 47.4 Å². The van der Waals surface area contributed by atoms with Crippen LogP contribution in [0.1, 0.15) is 82.7 Å². The fourth-order valence-electron chi connectivity index (χ4n) is 8.37. The van der Waals surface area contributed by atoms with E-state index in [9.17, 15) is 28.8 Å². The summed E-state index contributed by atoms with van der Waals surface area (Å²) in [6.45, 7) is 9.01. The molecule has 0 spiro atoms. The number of nitrogens with zero attached hydrogens (tertiary/aromatic N) is 1. The van der Waals surface area contributed by atoms with E-state index in [0.29, 0.717) is 145 Å². The van der Waals surface area contributed by atoms with Crippen LogP contribution in [-0.2, 0) is 61.8 Å². The zero-order chi connectivity index (χ0) is 51.3. The third-order valence-electron chi connectivity index (χ3n) is 12.0. The Labute approximate surface area is 426 Å². The number of rotatable bonds is 38. The molecule has 1 unspecified atom stereocenters. The van der Waals surface area contributed by atoms with Gasteiger partial charge in [-0.2, -0.15) is 0 Å². The molecule has 6 rings (SSSR count). The number of anilines is 1. The molecule has 3 aromatic rings. The lowest BCUT2D eigenvalue weighted by Gasteiger charge is -2.27. The third-order valence-corrected chi connectivity index (χ3v) is 12.0. The molecule has 1 saturated heterocycles. The number of fused-ring (bicyclic) bond motifs is 4. The first-order valence-electron chi connectivity index (χ1n) is 25.3. The second kappa shape index (κ2) is 32.5. The highest BCUT2D eigenvalue weighted by Gasteiger charge is 2.45. The topological polar surface area (TPSA) is 234 Å². The zero-order valence-corrected chi connectivity index (χ0v) is 41.6. The summed E-state index contributed by atoms with van der Waals surface area (Å²) >= 11 is 0. The average molecular weight is 1020 g/mol. The summed E-state index contributed by atoms with van der Waals surface area (Å²) in [7, 11) is 0. The highest BCUT2D eigenvalue weighted by Crippen LogP contribution is 2.44. The number of benzene rings is 3. The lowest BCUT2D eigenvalue weighted by molar-refractivity contribution is -0.136. The van der Waals surface area contributed by atoms with E-state index in [1.165, 1.54) is 28.3 Å². The van der Waals surface area contributed by atoms with Crippen molar-refractivity contribution in [3.05, 3.63) is 89.0 Å². The number of nitrogens with one attached hydrogen (secondary N) is 3. The number of carbonyl (C=O) groups is 6. The summed E-state index contributed by atoms with van der Waals surface area (Å²) in [6, 6.07) is 20.0. The van der Waals surface area contributed by atoms with Crippen molar-refractivity contribution in [3.63, 3.8) is 0 Å². The monoisotopic (exact) mass is 1020 g/mol. The Morgan fingerprint density at radius 2 is 1.01 bits per heavy atom.